The van der Waals surface area contributed by atoms with E-state index in [0.29, 0.717) is 11.1 Å². The summed E-state index contributed by atoms with van der Waals surface area (Å²) in [4.78, 5) is 29.0. The summed E-state index contributed by atoms with van der Waals surface area (Å²) >= 11 is 0. The van der Waals surface area contributed by atoms with Crippen LogP contribution in [0.3, 0.4) is 0 Å². The molecule has 0 bridgehead atoms. The van der Waals surface area contributed by atoms with E-state index in [-0.39, 0.29) is 10.5 Å². The van der Waals surface area contributed by atoms with Crippen molar-refractivity contribution in [1.82, 2.24) is 20.1 Å². The fourth-order valence-corrected chi connectivity index (χ4v) is 3.50. The summed E-state index contributed by atoms with van der Waals surface area (Å²) in [5, 5.41) is 0.795. The molecule has 2 amide bonds. The Hall–Kier alpha value is -3.30. The highest BCUT2D eigenvalue weighted by Gasteiger charge is 2.19. The summed E-state index contributed by atoms with van der Waals surface area (Å²) in [6, 6.07) is 14.3. The summed E-state index contributed by atoms with van der Waals surface area (Å²) in [5.41, 5.74) is 5.54. The Morgan fingerprint density at radius 3 is 2.36 bits per heavy atom. The van der Waals surface area contributed by atoms with Crippen molar-refractivity contribution in [2.45, 2.75) is 4.90 Å². The molecule has 0 spiro atoms. The minimum absolute atomic E-state index is 0.0188. The largest absolute Gasteiger partial charge is 0.271 e. The Morgan fingerprint density at radius 2 is 1.61 bits per heavy atom. The molecule has 0 aliphatic carbocycles. The molecule has 0 fully saturated rings. The van der Waals surface area contributed by atoms with Crippen LogP contribution in [0.1, 0.15) is 20.7 Å². The molecular formula is C19H18N4O4S. The first-order valence-electron chi connectivity index (χ1n) is 8.28. The van der Waals surface area contributed by atoms with Crippen LogP contribution in [0.2, 0.25) is 0 Å². The first kappa shape index (κ1) is 19.5. The Balaban J connectivity index is 1.76. The molecule has 0 unspecified atom stereocenters. The molecule has 9 heteroatoms. The van der Waals surface area contributed by atoms with Gasteiger partial charge in [-0.25, -0.2) is 12.7 Å². The van der Waals surface area contributed by atoms with Gasteiger partial charge in [0.15, 0.2) is 0 Å². The van der Waals surface area contributed by atoms with Crippen molar-refractivity contribution in [3.05, 3.63) is 71.9 Å². The van der Waals surface area contributed by atoms with E-state index < -0.39 is 21.8 Å². The van der Waals surface area contributed by atoms with Gasteiger partial charge in [0.2, 0.25) is 10.0 Å². The van der Waals surface area contributed by atoms with Gasteiger partial charge in [0.05, 0.1) is 16.0 Å². The van der Waals surface area contributed by atoms with E-state index >= 15 is 0 Å². The number of hydrogen-bond donors (Lipinski definition) is 2. The van der Waals surface area contributed by atoms with Crippen molar-refractivity contribution in [1.29, 1.82) is 0 Å². The average molecular weight is 398 g/mol. The number of fused-ring (bicyclic) bond motifs is 1. The maximum atomic E-state index is 12.4. The second-order valence-corrected chi connectivity index (χ2v) is 8.26. The molecule has 3 aromatic rings. The molecule has 0 atom stereocenters. The molecule has 2 aromatic carbocycles. The average Bonchev–Trinajstić information content (AvgIpc) is 2.71. The Bertz CT molecular complexity index is 1150. The lowest BCUT2D eigenvalue weighted by Gasteiger charge is -2.12. The smallest absolute Gasteiger partial charge is 0.267 e. The number of benzene rings is 2. The van der Waals surface area contributed by atoms with Crippen molar-refractivity contribution >= 4 is 32.7 Å². The van der Waals surface area contributed by atoms with Crippen molar-refractivity contribution in [2.24, 2.45) is 0 Å². The molecule has 3 rings (SSSR count). The fourth-order valence-electron chi connectivity index (χ4n) is 2.55. The van der Waals surface area contributed by atoms with Gasteiger partial charge in [-0.3, -0.25) is 25.4 Å². The number of carbonyl (C=O) groups is 2. The van der Waals surface area contributed by atoms with E-state index in [1.807, 2.05) is 12.1 Å². The molecular weight excluding hydrogens is 380 g/mol. The molecule has 0 radical (unpaired) electrons. The SMILES string of the molecule is CN(C)S(=O)(=O)c1cccc(C(=O)NNC(=O)c2cccc3cccnc23)c1. The van der Waals surface area contributed by atoms with Gasteiger partial charge in [-0.1, -0.05) is 24.3 Å². The second kappa shape index (κ2) is 7.75. The van der Waals surface area contributed by atoms with Gasteiger partial charge in [0.1, 0.15) is 0 Å². The van der Waals surface area contributed by atoms with E-state index in [1.165, 1.54) is 38.4 Å². The molecule has 0 aliphatic heterocycles. The maximum Gasteiger partial charge on any atom is 0.271 e. The van der Waals surface area contributed by atoms with Gasteiger partial charge in [-0.2, -0.15) is 0 Å². The molecule has 1 aromatic heterocycles. The number of amides is 2. The number of hydrazine groups is 1. The quantitative estimate of drug-likeness (QED) is 0.649. The zero-order chi connectivity index (χ0) is 20.3. The lowest BCUT2D eigenvalue weighted by molar-refractivity contribution is 0.0847. The van der Waals surface area contributed by atoms with Crippen molar-refractivity contribution < 1.29 is 18.0 Å². The van der Waals surface area contributed by atoms with Crippen molar-refractivity contribution in [3.8, 4) is 0 Å². The van der Waals surface area contributed by atoms with Gasteiger partial charge in [0.25, 0.3) is 11.8 Å². The number of nitrogens with zero attached hydrogens (tertiary/aromatic N) is 2. The summed E-state index contributed by atoms with van der Waals surface area (Å²) in [6.45, 7) is 0. The summed E-state index contributed by atoms with van der Waals surface area (Å²) in [6.07, 6.45) is 1.58. The van der Waals surface area contributed by atoms with Crippen LogP contribution >= 0.6 is 0 Å². The molecule has 2 N–H and O–H groups in total. The normalized spacial score (nSPS) is 11.4. The molecule has 0 saturated carbocycles. The predicted octanol–water partition coefficient (Wildman–Crippen LogP) is 1.56. The third kappa shape index (κ3) is 3.85. The van der Waals surface area contributed by atoms with E-state index in [1.54, 1.807) is 24.4 Å². The molecule has 28 heavy (non-hydrogen) atoms. The zero-order valence-electron chi connectivity index (χ0n) is 15.2. The highest BCUT2D eigenvalue weighted by molar-refractivity contribution is 7.89. The molecule has 144 valence electrons. The number of sulfonamides is 1. The van der Waals surface area contributed by atoms with Gasteiger partial charge < -0.3 is 0 Å². The fraction of sp³-hybridized carbons (Fsp3) is 0.105. The van der Waals surface area contributed by atoms with Crippen LogP contribution in [0.25, 0.3) is 10.9 Å². The molecule has 8 nitrogen and oxygen atoms in total. The van der Waals surface area contributed by atoms with Crippen LogP contribution in [0.15, 0.2) is 65.7 Å². The van der Waals surface area contributed by atoms with Crippen molar-refractivity contribution in [2.75, 3.05) is 14.1 Å². The summed E-state index contributed by atoms with van der Waals surface area (Å²) in [5.74, 6) is -1.17. The number of nitrogens with one attached hydrogen (secondary N) is 2. The predicted molar refractivity (Wildman–Crippen MR) is 104 cm³/mol. The van der Waals surface area contributed by atoms with E-state index in [0.717, 1.165) is 9.69 Å². The molecule has 0 saturated heterocycles. The number of rotatable bonds is 4. The number of hydrogen-bond acceptors (Lipinski definition) is 5. The minimum Gasteiger partial charge on any atom is -0.267 e. The van der Waals surface area contributed by atoms with E-state index in [4.69, 9.17) is 0 Å². The van der Waals surface area contributed by atoms with Gasteiger partial charge in [0, 0.05) is 31.2 Å². The van der Waals surface area contributed by atoms with Crippen molar-refractivity contribution in [3.63, 3.8) is 0 Å². The van der Waals surface area contributed by atoms with Gasteiger partial charge >= 0.3 is 0 Å². The van der Waals surface area contributed by atoms with E-state index in [9.17, 15) is 18.0 Å². The Labute approximate surface area is 162 Å². The maximum absolute atomic E-state index is 12.4. The molecule has 0 aliphatic rings. The number of aromatic nitrogens is 1. The lowest BCUT2D eigenvalue weighted by Crippen LogP contribution is -2.41. The Kier molecular flexibility index (Phi) is 5.39. The van der Waals surface area contributed by atoms with Gasteiger partial charge in [-0.05, 0) is 30.3 Å². The van der Waals surface area contributed by atoms with Crippen LogP contribution in [-0.4, -0.2) is 43.6 Å². The second-order valence-electron chi connectivity index (χ2n) is 6.10. The van der Waals surface area contributed by atoms with E-state index in [2.05, 4.69) is 15.8 Å². The summed E-state index contributed by atoms with van der Waals surface area (Å²) in [7, 11) is -0.867. The van der Waals surface area contributed by atoms with Crippen LogP contribution in [0.4, 0.5) is 0 Å². The van der Waals surface area contributed by atoms with Crippen LogP contribution in [-0.2, 0) is 10.0 Å². The standard InChI is InChI=1S/C19H18N4O4S/c1-23(2)28(26,27)15-9-3-7-14(12-15)18(24)21-22-19(25)16-10-4-6-13-8-5-11-20-17(13)16/h3-12H,1-2H3,(H,21,24)(H,22,25). The van der Waals surface area contributed by atoms with Gasteiger partial charge in [-0.15, -0.1) is 0 Å². The molecule has 1 heterocycles. The first-order valence-corrected chi connectivity index (χ1v) is 9.72. The third-order valence-corrected chi connectivity index (χ3v) is 5.85. The zero-order valence-corrected chi connectivity index (χ0v) is 16.0. The third-order valence-electron chi connectivity index (χ3n) is 4.04. The number of pyridine rings is 1. The van der Waals surface area contributed by atoms with Crippen LogP contribution in [0, 0.1) is 0 Å². The monoisotopic (exact) mass is 398 g/mol. The number of carbonyl (C=O) groups excluding carboxylic acids is 2. The summed E-state index contributed by atoms with van der Waals surface area (Å²) < 4.78 is 25.5. The minimum atomic E-state index is -3.67. The Morgan fingerprint density at radius 1 is 0.929 bits per heavy atom. The highest BCUT2D eigenvalue weighted by atomic mass is 32.2. The number of para-hydroxylation sites is 1. The van der Waals surface area contributed by atoms with Crippen LogP contribution in [0.5, 0.6) is 0 Å². The topological polar surface area (TPSA) is 108 Å². The van der Waals surface area contributed by atoms with Crippen LogP contribution < -0.4 is 10.9 Å². The highest BCUT2D eigenvalue weighted by Crippen LogP contribution is 2.16. The first-order chi connectivity index (χ1) is 13.3. The lowest BCUT2D eigenvalue weighted by atomic mass is 10.1.